The van der Waals surface area contributed by atoms with Crippen molar-refractivity contribution >= 4 is 27.5 Å². The third kappa shape index (κ3) is 5.70. The summed E-state index contributed by atoms with van der Waals surface area (Å²) in [7, 11) is -1.97. The molecule has 1 aliphatic heterocycles. The quantitative estimate of drug-likeness (QED) is 0.676. The Labute approximate surface area is 188 Å². The molecule has 1 N–H and O–H groups in total. The zero-order valence-electron chi connectivity index (χ0n) is 17.9. The minimum Gasteiger partial charge on any atom is -0.489 e. The first kappa shape index (κ1) is 23.4. The van der Waals surface area contributed by atoms with E-state index in [0.717, 1.165) is 17.5 Å². The molecule has 0 saturated carbocycles. The molecule has 0 aliphatic carbocycles. The summed E-state index contributed by atoms with van der Waals surface area (Å²) in [6.07, 6.45) is 0.913. The molecule has 0 spiro atoms. The van der Waals surface area contributed by atoms with Crippen molar-refractivity contribution < 1.29 is 22.7 Å². The maximum atomic E-state index is 12.5. The largest absolute Gasteiger partial charge is 0.489 e. The van der Waals surface area contributed by atoms with E-state index < -0.39 is 10.0 Å². The van der Waals surface area contributed by atoms with Gasteiger partial charge in [0.1, 0.15) is 0 Å². The van der Waals surface area contributed by atoms with Crippen LogP contribution in [0.5, 0.6) is 11.5 Å². The lowest BCUT2D eigenvalue weighted by atomic mass is 10.1. The number of rotatable bonds is 7. The second-order valence-electron chi connectivity index (χ2n) is 7.67. The van der Waals surface area contributed by atoms with E-state index in [1.165, 1.54) is 4.31 Å². The lowest BCUT2D eigenvalue weighted by molar-refractivity contribution is -0.120. The molecule has 1 aliphatic rings. The van der Waals surface area contributed by atoms with Crippen LogP contribution >= 0.6 is 11.6 Å². The maximum absolute atomic E-state index is 12.5. The highest BCUT2D eigenvalue weighted by atomic mass is 35.5. The minimum atomic E-state index is -3.53. The fourth-order valence-corrected chi connectivity index (χ4v) is 4.71. The lowest BCUT2D eigenvalue weighted by Crippen LogP contribution is -2.33. The number of sulfonamides is 1. The van der Waals surface area contributed by atoms with Gasteiger partial charge in [-0.15, -0.1) is 0 Å². The van der Waals surface area contributed by atoms with Gasteiger partial charge in [-0.05, 0) is 49.2 Å². The average Bonchev–Trinajstić information content (AvgIpc) is 2.98. The zero-order valence-corrected chi connectivity index (χ0v) is 19.4. The summed E-state index contributed by atoms with van der Waals surface area (Å²) in [5.74, 6) is 0.888. The average molecular weight is 467 g/mol. The van der Waals surface area contributed by atoms with Crippen LogP contribution in [0.1, 0.15) is 31.4 Å². The van der Waals surface area contributed by atoms with Crippen LogP contribution in [0.15, 0.2) is 41.3 Å². The number of carbonyl (C=O) groups excluding carboxylic acids is 1. The van der Waals surface area contributed by atoms with Gasteiger partial charge < -0.3 is 14.8 Å². The molecule has 1 amide bonds. The molecule has 7 nitrogen and oxygen atoms in total. The van der Waals surface area contributed by atoms with Crippen molar-refractivity contribution in [2.45, 2.75) is 44.2 Å². The van der Waals surface area contributed by atoms with Crippen molar-refractivity contribution in [3.63, 3.8) is 0 Å². The van der Waals surface area contributed by atoms with E-state index in [1.807, 2.05) is 13.8 Å². The molecule has 0 saturated heterocycles. The predicted molar refractivity (Wildman–Crippen MR) is 119 cm³/mol. The first-order valence-corrected chi connectivity index (χ1v) is 11.9. The van der Waals surface area contributed by atoms with Gasteiger partial charge in [-0.3, -0.25) is 4.79 Å². The van der Waals surface area contributed by atoms with Gasteiger partial charge in [0.15, 0.2) is 11.5 Å². The molecular weight excluding hydrogens is 440 g/mol. The van der Waals surface area contributed by atoms with E-state index in [1.54, 1.807) is 43.4 Å². The Kier molecular flexibility index (Phi) is 7.46. The molecule has 9 heteroatoms. The van der Waals surface area contributed by atoms with Gasteiger partial charge >= 0.3 is 0 Å². The number of hydrogen-bond donors (Lipinski definition) is 1. The number of halogens is 1. The Hall–Kier alpha value is -2.29. The van der Waals surface area contributed by atoms with Crippen molar-refractivity contribution in [1.29, 1.82) is 0 Å². The summed E-state index contributed by atoms with van der Waals surface area (Å²) in [6, 6.07) is 9.86. The number of hydrogen-bond acceptors (Lipinski definition) is 5. The monoisotopic (exact) mass is 466 g/mol. The van der Waals surface area contributed by atoms with Gasteiger partial charge in [0, 0.05) is 26.1 Å². The van der Waals surface area contributed by atoms with Crippen LogP contribution in [0.3, 0.4) is 0 Å². The van der Waals surface area contributed by atoms with E-state index >= 15 is 0 Å². The van der Waals surface area contributed by atoms with E-state index in [2.05, 4.69) is 5.32 Å². The smallest absolute Gasteiger partial charge is 0.243 e. The van der Waals surface area contributed by atoms with Crippen molar-refractivity contribution in [3.05, 3.63) is 52.5 Å². The Morgan fingerprint density at radius 3 is 2.48 bits per heavy atom. The molecule has 0 atom stereocenters. The molecule has 0 fully saturated rings. The molecule has 1 heterocycles. The van der Waals surface area contributed by atoms with E-state index in [-0.39, 0.29) is 29.8 Å². The number of amides is 1. The Balaban J connectivity index is 1.60. The van der Waals surface area contributed by atoms with Gasteiger partial charge in [-0.1, -0.05) is 23.7 Å². The van der Waals surface area contributed by atoms with Crippen molar-refractivity contribution in [1.82, 2.24) is 9.62 Å². The van der Waals surface area contributed by atoms with Crippen LogP contribution in [-0.4, -0.2) is 44.9 Å². The molecule has 0 bridgehead atoms. The third-order valence-electron chi connectivity index (χ3n) is 5.04. The summed E-state index contributed by atoms with van der Waals surface area (Å²) in [5.41, 5.74) is 1.53. The van der Waals surface area contributed by atoms with E-state index in [9.17, 15) is 13.2 Å². The van der Waals surface area contributed by atoms with E-state index in [4.69, 9.17) is 21.1 Å². The Bertz CT molecular complexity index is 1040. The number of ether oxygens (including phenoxy) is 2. The first-order chi connectivity index (χ1) is 14.7. The summed E-state index contributed by atoms with van der Waals surface area (Å²) < 4.78 is 37.6. The van der Waals surface area contributed by atoms with Crippen LogP contribution in [0, 0.1) is 0 Å². The van der Waals surface area contributed by atoms with Gasteiger partial charge in [0.05, 0.1) is 29.6 Å². The normalized spacial score (nSPS) is 13.9. The standard InChI is InChI=1S/C22H27ClN2O5S/c1-15(2)25(3)31(27,28)18-7-5-16(6-8-18)14-24-21(26)13-17-11-19(23)22-20(12-17)29-9-4-10-30-22/h5-8,11-12,15H,4,9-10,13-14H2,1-3H3,(H,24,26). The first-order valence-electron chi connectivity index (χ1n) is 10.1. The van der Waals surface area contributed by atoms with Gasteiger partial charge in [-0.25, -0.2) is 8.42 Å². The van der Waals surface area contributed by atoms with Crippen molar-refractivity contribution in [3.8, 4) is 11.5 Å². The van der Waals surface area contributed by atoms with Crippen LogP contribution in [0.25, 0.3) is 0 Å². The van der Waals surface area contributed by atoms with E-state index in [0.29, 0.717) is 29.7 Å². The summed E-state index contributed by atoms with van der Waals surface area (Å²) in [4.78, 5) is 12.6. The molecule has 168 valence electrons. The van der Waals surface area contributed by atoms with Crippen LogP contribution < -0.4 is 14.8 Å². The van der Waals surface area contributed by atoms with Crippen LogP contribution in [0.2, 0.25) is 5.02 Å². The van der Waals surface area contributed by atoms with Gasteiger partial charge in [0.2, 0.25) is 15.9 Å². The van der Waals surface area contributed by atoms with Gasteiger partial charge in [-0.2, -0.15) is 4.31 Å². The Morgan fingerprint density at radius 1 is 1.13 bits per heavy atom. The van der Waals surface area contributed by atoms with Crippen LogP contribution in [-0.2, 0) is 27.8 Å². The topological polar surface area (TPSA) is 84.9 Å². The predicted octanol–water partition coefficient (Wildman–Crippen LogP) is 3.39. The van der Waals surface area contributed by atoms with Crippen molar-refractivity contribution in [2.75, 3.05) is 20.3 Å². The summed E-state index contributed by atoms with van der Waals surface area (Å²) in [6.45, 7) is 5.01. The molecule has 3 rings (SSSR count). The summed E-state index contributed by atoms with van der Waals surface area (Å²) in [5, 5.41) is 3.27. The lowest BCUT2D eigenvalue weighted by Gasteiger charge is -2.21. The molecular formula is C22H27ClN2O5S. The molecule has 2 aromatic carbocycles. The third-order valence-corrected chi connectivity index (χ3v) is 7.37. The van der Waals surface area contributed by atoms with Crippen LogP contribution in [0.4, 0.5) is 0 Å². The Morgan fingerprint density at radius 2 is 1.81 bits per heavy atom. The minimum absolute atomic E-state index is 0.137. The SMILES string of the molecule is CC(C)N(C)S(=O)(=O)c1ccc(CNC(=O)Cc2cc(Cl)c3c(c2)OCCCO3)cc1. The fraction of sp³-hybridized carbons (Fsp3) is 0.409. The molecule has 0 unspecified atom stereocenters. The molecule has 2 aromatic rings. The van der Waals surface area contributed by atoms with Gasteiger partial charge in [0.25, 0.3) is 0 Å². The fourth-order valence-electron chi connectivity index (χ4n) is 3.06. The zero-order chi connectivity index (χ0) is 22.6. The highest BCUT2D eigenvalue weighted by Gasteiger charge is 2.23. The number of nitrogens with zero attached hydrogens (tertiary/aromatic N) is 1. The molecule has 0 aromatic heterocycles. The number of carbonyl (C=O) groups is 1. The number of benzene rings is 2. The highest BCUT2D eigenvalue weighted by Crippen LogP contribution is 2.38. The second kappa shape index (κ2) is 9.89. The number of fused-ring (bicyclic) bond motifs is 1. The molecule has 0 radical (unpaired) electrons. The highest BCUT2D eigenvalue weighted by molar-refractivity contribution is 7.89. The number of nitrogens with one attached hydrogen (secondary N) is 1. The second-order valence-corrected chi connectivity index (χ2v) is 10.1. The molecule has 31 heavy (non-hydrogen) atoms. The summed E-state index contributed by atoms with van der Waals surface area (Å²) >= 11 is 6.28. The van der Waals surface area contributed by atoms with Crippen molar-refractivity contribution in [2.24, 2.45) is 0 Å². The maximum Gasteiger partial charge on any atom is 0.243 e.